The summed E-state index contributed by atoms with van der Waals surface area (Å²) in [5.41, 5.74) is 3.69. The normalized spacial score (nSPS) is 18.5. The van der Waals surface area contributed by atoms with Crippen molar-refractivity contribution in [3.63, 3.8) is 0 Å². The van der Waals surface area contributed by atoms with Gasteiger partial charge in [0.2, 0.25) is 0 Å². The van der Waals surface area contributed by atoms with Gasteiger partial charge in [-0.05, 0) is 63.1 Å². The molecule has 0 saturated heterocycles. The van der Waals surface area contributed by atoms with Gasteiger partial charge in [-0.15, -0.1) is 0 Å². The molecule has 3 aromatic rings. The fraction of sp³-hybridized carbons (Fsp3) is 0.375. The molecule has 1 aromatic carbocycles. The molecule has 1 amide bonds. The van der Waals surface area contributed by atoms with E-state index in [1.165, 1.54) is 11.3 Å². The first-order valence-electron chi connectivity index (χ1n) is 10.8. The molecule has 0 spiro atoms. The zero-order valence-electron chi connectivity index (χ0n) is 17.9. The van der Waals surface area contributed by atoms with Crippen LogP contribution in [0.25, 0.3) is 0 Å². The zero-order valence-corrected chi connectivity index (χ0v) is 18.7. The minimum Gasteiger partial charge on any atom is -0.349 e. The summed E-state index contributed by atoms with van der Waals surface area (Å²) in [6, 6.07) is 12.3. The molecular weight excluding hydrogens is 410 g/mol. The number of carbonyl (C=O) groups excluding carboxylic acids is 1. The second-order valence-corrected chi connectivity index (χ2v) is 8.75. The third kappa shape index (κ3) is 5.07. The number of nitrogens with one attached hydrogen (secondary N) is 2. The molecule has 0 atom stereocenters. The average Bonchev–Trinajstić information content (AvgIpc) is 3.30. The van der Waals surface area contributed by atoms with Crippen LogP contribution in [-0.2, 0) is 0 Å². The van der Waals surface area contributed by atoms with E-state index in [-0.39, 0.29) is 11.9 Å². The molecule has 1 fully saturated rings. The number of hydrogen-bond donors (Lipinski definition) is 2. The predicted octanol–water partition coefficient (Wildman–Crippen LogP) is 5.20. The van der Waals surface area contributed by atoms with Crippen molar-refractivity contribution in [3.05, 3.63) is 70.6 Å². The molecule has 1 aliphatic carbocycles. The minimum absolute atomic E-state index is 0.0880. The number of rotatable bonds is 6. The van der Waals surface area contributed by atoms with E-state index in [2.05, 4.69) is 56.6 Å². The number of amides is 1. The van der Waals surface area contributed by atoms with Crippen LogP contribution in [0.3, 0.4) is 0 Å². The lowest BCUT2D eigenvalue weighted by atomic mass is 9.85. The summed E-state index contributed by atoms with van der Waals surface area (Å²) >= 11 is 6.02. The standard InChI is InChI=1S/C24H28ClN5O/c1-16-5-3-4-6-22(16)30(23-11-12-27-29-23)15-18-7-9-20(10-8-18)28-24(31)21-13-19(25)14-26-17(21)2/h3-6,11-14,18,20H,7-10,15H2,1-2H3,(H,27,29)(H,28,31). The van der Waals surface area contributed by atoms with Gasteiger partial charge in [-0.1, -0.05) is 29.8 Å². The van der Waals surface area contributed by atoms with Gasteiger partial charge in [0.1, 0.15) is 5.82 Å². The number of aromatic amines is 1. The topological polar surface area (TPSA) is 73.9 Å². The van der Waals surface area contributed by atoms with Crippen LogP contribution in [0.15, 0.2) is 48.8 Å². The van der Waals surface area contributed by atoms with Crippen molar-refractivity contribution >= 4 is 29.0 Å². The van der Waals surface area contributed by atoms with Crippen molar-refractivity contribution in [2.75, 3.05) is 11.4 Å². The summed E-state index contributed by atoms with van der Waals surface area (Å²) < 4.78 is 0. The van der Waals surface area contributed by atoms with Crippen LogP contribution in [0.4, 0.5) is 11.5 Å². The van der Waals surface area contributed by atoms with E-state index in [0.29, 0.717) is 22.2 Å². The number of pyridine rings is 1. The van der Waals surface area contributed by atoms with Gasteiger partial charge in [-0.3, -0.25) is 14.9 Å². The molecule has 4 rings (SSSR count). The zero-order chi connectivity index (χ0) is 21.8. The lowest BCUT2D eigenvalue weighted by molar-refractivity contribution is 0.0921. The van der Waals surface area contributed by atoms with Crippen LogP contribution in [-0.4, -0.2) is 33.7 Å². The summed E-state index contributed by atoms with van der Waals surface area (Å²) in [4.78, 5) is 19.2. The summed E-state index contributed by atoms with van der Waals surface area (Å²) in [7, 11) is 0. The lowest BCUT2D eigenvalue weighted by Crippen LogP contribution is -2.39. The summed E-state index contributed by atoms with van der Waals surface area (Å²) in [5, 5.41) is 10.9. The quantitative estimate of drug-likeness (QED) is 0.555. The van der Waals surface area contributed by atoms with E-state index in [0.717, 1.165) is 38.0 Å². The monoisotopic (exact) mass is 437 g/mol. The van der Waals surface area contributed by atoms with Crippen molar-refractivity contribution < 1.29 is 4.79 Å². The van der Waals surface area contributed by atoms with Crippen molar-refractivity contribution in [3.8, 4) is 0 Å². The molecule has 1 saturated carbocycles. The Morgan fingerprint density at radius 2 is 1.97 bits per heavy atom. The number of para-hydroxylation sites is 1. The maximum atomic E-state index is 12.7. The summed E-state index contributed by atoms with van der Waals surface area (Å²) in [6.45, 7) is 4.89. The highest BCUT2D eigenvalue weighted by atomic mass is 35.5. The minimum atomic E-state index is -0.0880. The Bertz CT molecular complexity index is 1030. The van der Waals surface area contributed by atoms with Crippen molar-refractivity contribution in [1.82, 2.24) is 20.5 Å². The van der Waals surface area contributed by atoms with Crippen LogP contribution < -0.4 is 10.2 Å². The maximum absolute atomic E-state index is 12.7. The summed E-state index contributed by atoms with van der Waals surface area (Å²) in [5.74, 6) is 1.47. The number of carbonyl (C=O) groups is 1. The number of H-pyrrole nitrogens is 1. The first-order valence-corrected chi connectivity index (χ1v) is 11.1. The summed E-state index contributed by atoms with van der Waals surface area (Å²) in [6.07, 6.45) is 7.42. The molecule has 6 nitrogen and oxygen atoms in total. The number of hydrogen-bond acceptors (Lipinski definition) is 4. The Morgan fingerprint density at radius 1 is 1.19 bits per heavy atom. The number of benzene rings is 1. The van der Waals surface area contributed by atoms with E-state index in [4.69, 9.17) is 11.6 Å². The van der Waals surface area contributed by atoms with E-state index in [9.17, 15) is 4.79 Å². The van der Waals surface area contributed by atoms with E-state index >= 15 is 0 Å². The van der Waals surface area contributed by atoms with E-state index in [1.807, 2.05) is 13.0 Å². The molecule has 31 heavy (non-hydrogen) atoms. The van der Waals surface area contributed by atoms with Crippen molar-refractivity contribution in [2.45, 2.75) is 45.6 Å². The highest BCUT2D eigenvalue weighted by Gasteiger charge is 2.26. The first kappa shape index (κ1) is 21.4. The largest absolute Gasteiger partial charge is 0.349 e. The van der Waals surface area contributed by atoms with Crippen LogP contribution in [0.5, 0.6) is 0 Å². The first-order chi connectivity index (χ1) is 15.0. The Kier molecular flexibility index (Phi) is 6.56. The molecule has 0 unspecified atom stereocenters. The van der Waals surface area contributed by atoms with Gasteiger partial charge in [0, 0.05) is 30.5 Å². The fourth-order valence-corrected chi connectivity index (χ4v) is 4.50. The Morgan fingerprint density at radius 3 is 2.68 bits per heavy atom. The van der Waals surface area contributed by atoms with Gasteiger partial charge in [0.15, 0.2) is 0 Å². The van der Waals surface area contributed by atoms with Gasteiger partial charge < -0.3 is 10.2 Å². The third-order valence-corrected chi connectivity index (χ3v) is 6.31. The molecule has 2 heterocycles. The molecular formula is C24H28ClN5O. The number of aryl methyl sites for hydroxylation is 2. The molecule has 1 aliphatic rings. The molecule has 0 aliphatic heterocycles. The second-order valence-electron chi connectivity index (χ2n) is 8.32. The van der Waals surface area contributed by atoms with Crippen molar-refractivity contribution in [2.24, 2.45) is 5.92 Å². The predicted molar refractivity (Wildman–Crippen MR) is 124 cm³/mol. The highest BCUT2D eigenvalue weighted by Crippen LogP contribution is 2.32. The Labute approximate surface area is 188 Å². The lowest BCUT2D eigenvalue weighted by Gasteiger charge is -2.34. The Hall–Kier alpha value is -2.86. The molecule has 2 N–H and O–H groups in total. The molecule has 0 radical (unpaired) electrons. The van der Waals surface area contributed by atoms with E-state index in [1.54, 1.807) is 18.5 Å². The molecule has 162 valence electrons. The van der Waals surface area contributed by atoms with Gasteiger partial charge in [-0.25, -0.2) is 0 Å². The SMILES string of the molecule is Cc1ccccc1N(CC1CCC(NC(=O)c2cc(Cl)cnc2C)CC1)c1ccn[nH]1. The molecule has 0 bridgehead atoms. The van der Waals surface area contributed by atoms with E-state index < -0.39 is 0 Å². The van der Waals surface area contributed by atoms with Gasteiger partial charge >= 0.3 is 0 Å². The number of aromatic nitrogens is 3. The van der Waals surface area contributed by atoms with Crippen LogP contribution in [0.2, 0.25) is 5.02 Å². The fourth-order valence-electron chi connectivity index (χ4n) is 4.34. The van der Waals surface area contributed by atoms with Crippen LogP contribution in [0, 0.1) is 19.8 Å². The third-order valence-electron chi connectivity index (χ3n) is 6.10. The Balaban J connectivity index is 1.38. The average molecular weight is 438 g/mol. The molecule has 2 aromatic heterocycles. The number of anilines is 2. The number of halogens is 1. The number of nitrogens with zero attached hydrogens (tertiary/aromatic N) is 3. The van der Waals surface area contributed by atoms with Crippen LogP contribution >= 0.6 is 11.6 Å². The van der Waals surface area contributed by atoms with Crippen molar-refractivity contribution in [1.29, 1.82) is 0 Å². The smallest absolute Gasteiger partial charge is 0.253 e. The van der Waals surface area contributed by atoms with Gasteiger partial charge in [0.05, 0.1) is 22.5 Å². The van der Waals surface area contributed by atoms with Gasteiger partial charge in [-0.2, -0.15) is 5.10 Å². The highest BCUT2D eigenvalue weighted by molar-refractivity contribution is 6.30. The molecule has 7 heteroatoms. The van der Waals surface area contributed by atoms with Crippen LogP contribution in [0.1, 0.15) is 47.3 Å². The van der Waals surface area contributed by atoms with Gasteiger partial charge in [0.25, 0.3) is 5.91 Å². The second kappa shape index (κ2) is 9.52. The maximum Gasteiger partial charge on any atom is 0.253 e.